The Labute approximate surface area is 224 Å². The molecule has 3 aromatic carbocycles. The molecule has 190 valence electrons. The van der Waals surface area contributed by atoms with Gasteiger partial charge in [0.25, 0.3) is 11.7 Å². The van der Waals surface area contributed by atoms with Crippen molar-refractivity contribution in [3.63, 3.8) is 0 Å². The fraction of sp³-hybridized carbons (Fsp3) is 0.100. The highest BCUT2D eigenvalue weighted by atomic mass is 35.5. The lowest BCUT2D eigenvalue weighted by Gasteiger charge is -2.25. The molecule has 1 saturated heterocycles. The zero-order valence-electron chi connectivity index (χ0n) is 20.4. The van der Waals surface area contributed by atoms with Crippen LogP contribution in [0, 0.1) is 0 Å². The Morgan fingerprint density at radius 2 is 1.76 bits per heavy atom. The maximum Gasteiger partial charge on any atom is 0.295 e. The van der Waals surface area contributed by atoms with Crippen molar-refractivity contribution in [2.45, 2.75) is 12.6 Å². The first-order valence-corrected chi connectivity index (χ1v) is 12.2. The summed E-state index contributed by atoms with van der Waals surface area (Å²) < 4.78 is 11.3. The summed E-state index contributed by atoms with van der Waals surface area (Å²) in [5, 5.41) is 11.7. The minimum Gasteiger partial charge on any atom is -0.507 e. The fourth-order valence-electron chi connectivity index (χ4n) is 4.41. The average Bonchev–Trinajstić information content (AvgIpc) is 3.19. The van der Waals surface area contributed by atoms with Crippen LogP contribution in [0.25, 0.3) is 5.76 Å². The van der Waals surface area contributed by atoms with Crippen LogP contribution in [0.3, 0.4) is 0 Å². The van der Waals surface area contributed by atoms with Gasteiger partial charge in [-0.1, -0.05) is 48.0 Å². The molecule has 1 atom stereocenters. The van der Waals surface area contributed by atoms with Crippen LogP contribution in [-0.2, 0) is 16.1 Å². The van der Waals surface area contributed by atoms with Crippen molar-refractivity contribution in [1.29, 1.82) is 0 Å². The Balaban J connectivity index is 1.63. The number of carbonyl (C=O) groups excluding carboxylic acids is 2. The summed E-state index contributed by atoms with van der Waals surface area (Å²) in [7, 11) is 1.45. The molecule has 0 saturated carbocycles. The van der Waals surface area contributed by atoms with Gasteiger partial charge in [-0.25, -0.2) is 0 Å². The highest BCUT2D eigenvalue weighted by Gasteiger charge is 2.46. The van der Waals surface area contributed by atoms with Gasteiger partial charge in [-0.2, -0.15) is 0 Å². The van der Waals surface area contributed by atoms with Gasteiger partial charge in [-0.3, -0.25) is 14.6 Å². The summed E-state index contributed by atoms with van der Waals surface area (Å²) in [5.74, 6) is -0.354. The van der Waals surface area contributed by atoms with Crippen molar-refractivity contribution in [3.8, 4) is 17.2 Å². The Bertz CT molecular complexity index is 1520. The second-order valence-electron chi connectivity index (χ2n) is 8.63. The van der Waals surface area contributed by atoms with Gasteiger partial charge in [0.1, 0.15) is 23.0 Å². The van der Waals surface area contributed by atoms with E-state index < -0.39 is 17.7 Å². The maximum absolute atomic E-state index is 13.4. The van der Waals surface area contributed by atoms with Gasteiger partial charge in [0.2, 0.25) is 0 Å². The van der Waals surface area contributed by atoms with Crippen LogP contribution in [0.5, 0.6) is 17.2 Å². The van der Waals surface area contributed by atoms with Gasteiger partial charge >= 0.3 is 0 Å². The van der Waals surface area contributed by atoms with E-state index in [4.69, 9.17) is 21.1 Å². The molecule has 1 unspecified atom stereocenters. The number of Topliss-reactive ketones (excluding diaryl/α,β-unsaturated/α-hetero) is 1. The van der Waals surface area contributed by atoms with Crippen LogP contribution in [0.2, 0.25) is 5.02 Å². The van der Waals surface area contributed by atoms with Crippen LogP contribution < -0.4 is 9.47 Å². The minimum atomic E-state index is -0.879. The van der Waals surface area contributed by atoms with Crippen molar-refractivity contribution in [2.24, 2.45) is 0 Å². The third-order valence-electron chi connectivity index (χ3n) is 6.19. The van der Waals surface area contributed by atoms with E-state index >= 15 is 0 Å². The fourth-order valence-corrected chi connectivity index (χ4v) is 4.61. The van der Waals surface area contributed by atoms with Crippen molar-refractivity contribution in [1.82, 2.24) is 9.88 Å². The summed E-state index contributed by atoms with van der Waals surface area (Å²) in [6.45, 7) is 0.119. The highest BCUT2D eigenvalue weighted by Crippen LogP contribution is 2.42. The molecule has 1 aliphatic rings. The first-order chi connectivity index (χ1) is 18.5. The predicted octanol–water partition coefficient (Wildman–Crippen LogP) is 6.16. The van der Waals surface area contributed by atoms with E-state index in [1.54, 1.807) is 54.9 Å². The largest absolute Gasteiger partial charge is 0.507 e. The van der Waals surface area contributed by atoms with E-state index in [0.29, 0.717) is 33.4 Å². The molecule has 0 radical (unpaired) electrons. The van der Waals surface area contributed by atoms with Gasteiger partial charge in [-0.05, 0) is 59.7 Å². The summed E-state index contributed by atoms with van der Waals surface area (Å²) in [4.78, 5) is 32.3. The standard InChI is InChI=1S/C30H23ClN2O5/c1-37-25-16-21(12-13-24(25)31)28(34)26-27(33(30(36)29(26)35)18-19-7-6-14-32-17-19)20-8-5-11-23(15-20)38-22-9-3-2-4-10-22/h2-17,27,34H,18H2,1H3/b28-26-. The monoisotopic (exact) mass is 526 g/mol. The van der Waals surface area contributed by atoms with Crippen molar-refractivity contribution < 1.29 is 24.2 Å². The Morgan fingerprint density at radius 3 is 2.50 bits per heavy atom. The number of rotatable bonds is 7. The van der Waals surface area contributed by atoms with Gasteiger partial charge in [-0.15, -0.1) is 0 Å². The molecular formula is C30H23ClN2O5. The van der Waals surface area contributed by atoms with Gasteiger partial charge in [0.05, 0.1) is 23.7 Å². The van der Waals surface area contributed by atoms with Crippen LogP contribution >= 0.6 is 11.6 Å². The number of ether oxygens (including phenoxy) is 2. The van der Waals surface area contributed by atoms with Gasteiger partial charge in [0, 0.05) is 24.5 Å². The van der Waals surface area contributed by atoms with Crippen LogP contribution in [-0.4, -0.2) is 33.8 Å². The molecule has 0 aliphatic carbocycles. The van der Waals surface area contributed by atoms with Crippen LogP contribution in [0.4, 0.5) is 0 Å². The number of likely N-dealkylation sites (tertiary alicyclic amines) is 1. The van der Waals surface area contributed by atoms with Crippen molar-refractivity contribution in [3.05, 3.63) is 125 Å². The summed E-state index contributed by atoms with van der Waals surface area (Å²) in [6, 6.07) is 23.8. The number of aliphatic hydroxyl groups is 1. The Kier molecular flexibility index (Phi) is 7.11. The number of hydrogen-bond donors (Lipinski definition) is 1. The molecule has 38 heavy (non-hydrogen) atoms. The number of aliphatic hydroxyl groups excluding tert-OH is 1. The zero-order chi connectivity index (χ0) is 26.6. The number of nitrogens with zero attached hydrogens (tertiary/aromatic N) is 2. The summed E-state index contributed by atoms with van der Waals surface area (Å²) in [5.41, 5.74) is 1.60. The first kappa shape index (κ1) is 25.0. The van der Waals surface area contributed by atoms with Gasteiger partial charge < -0.3 is 19.5 Å². The lowest BCUT2D eigenvalue weighted by atomic mass is 9.95. The normalized spacial score (nSPS) is 16.5. The number of aromatic nitrogens is 1. The Morgan fingerprint density at radius 1 is 0.974 bits per heavy atom. The predicted molar refractivity (Wildman–Crippen MR) is 143 cm³/mol. The molecule has 1 aliphatic heterocycles. The molecule has 1 aromatic heterocycles. The van der Waals surface area contributed by atoms with Crippen molar-refractivity contribution >= 4 is 29.1 Å². The highest BCUT2D eigenvalue weighted by molar-refractivity contribution is 6.46. The Hall–Kier alpha value is -4.62. The number of halogens is 1. The molecule has 8 heteroatoms. The van der Waals surface area contributed by atoms with Crippen LogP contribution in [0.1, 0.15) is 22.7 Å². The molecule has 1 fully saturated rings. The second kappa shape index (κ2) is 10.8. The van der Waals surface area contributed by atoms with E-state index in [9.17, 15) is 14.7 Å². The number of amides is 1. The number of ketones is 1. The number of para-hydroxylation sites is 1. The third kappa shape index (κ3) is 4.96. The van der Waals surface area contributed by atoms with E-state index in [1.807, 2.05) is 36.4 Å². The topological polar surface area (TPSA) is 89.0 Å². The maximum atomic E-state index is 13.4. The first-order valence-electron chi connectivity index (χ1n) is 11.8. The zero-order valence-corrected chi connectivity index (χ0v) is 21.1. The summed E-state index contributed by atoms with van der Waals surface area (Å²) in [6.07, 6.45) is 3.27. The number of benzene rings is 3. The SMILES string of the molecule is COc1cc(/C(O)=C2/C(=O)C(=O)N(Cc3cccnc3)C2c2cccc(Oc3ccccc3)c2)ccc1Cl. The molecule has 1 amide bonds. The summed E-state index contributed by atoms with van der Waals surface area (Å²) >= 11 is 6.16. The average molecular weight is 527 g/mol. The molecule has 7 nitrogen and oxygen atoms in total. The molecule has 2 heterocycles. The number of carbonyl (C=O) groups is 2. The number of methoxy groups -OCH3 is 1. The van der Waals surface area contributed by atoms with Gasteiger partial charge in [0.15, 0.2) is 0 Å². The van der Waals surface area contributed by atoms with Crippen molar-refractivity contribution in [2.75, 3.05) is 7.11 Å². The minimum absolute atomic E-state index is 0.0415. The smallest absolute Gasteiger partial charge is 0.295 e. The second-order valence-corrected chi connectivity index (χ2v) is 9.03. The number of hydrogen-bond acceptors (Lipinski definition) is 6. The third-order valence-corrected chi connectivity index (χ3v) is 6.51. The van der Waals surface area contributed by atoms with E-state index in [2.05, 4.69) is 4.98 Å². The lowest BCUT2D eigenvalue weighted by Crippen LogP contribution is -2.29. The molecule has 1 N–H and O–H groups in total. The number of pyridine rings is 1. The van der Waals surface area contributed by atoms with Crippen LogP contribution in [0.15, 0.2) is 103 Å². The van der Waals surface area contributed by atoms with E-state index in [-0.39, 0.29) is 17.9 Å². The molecule has 5 rings (SSSR count). The van der Waals surface area contributed by atoms with E-state index in [0.717, 1.165) is 5.56 Å². The molecular weight excluding hydrogens is 504 g/mol. The molecule has 4 aromatic rings. The quantitative estimate of drug-likeness (QED) is 0.176. The lowest BCUT2D eigenvalue weighted by molar-refractivity contribution is -0.140. The van der Waals surface area contributed by atoms with E-state index in [1.165, 1.54) is 18.1 Å². The molecule has 0 bridgehead atoms. The molecule has 0 spiro atoms.